The van der Waals surface area contributed by atoms with Crippen molar-refractivity contribution >= 4 is 21.6 Å². The van der Waals surface area contributed by atoms with E-state index < -0.39 is 10.0 Å². The van der Waals surface area contributed by atoms with E-state index in [0.717, 1.165) is 18.4 Å². The van der Waals surface area contributed by atoms with Crippen molar-refractivity contribution in [2.75, 3.05) is 6.54 Å². The highest BCUT2D eigenvalue weighted by Gasteiger charge is 2.36. The van der Waals surface area contributed by atoms with E-state index in [1.165, 1.54) is 0 Å². The smallest absolute Gasteiger partial charge is 0.262 e. The highest BCUT2D eigenvalue weighted by atomic mass is 35.5. The van der Waals surface area contributed by atoms with Gasteiger partial charge in [0.05, 0.1) is 0 Å². The van der Waals surface area contributed by atoms with Crippen LogP contribution in [0.2, 0.25) is 5.02 Å². The standard InChI is InChI=1S/C16H20ClN3O2S/c1-12-18-16(11-19(12)2)23(21,22)20-9-5-7-14(20)10-13-6-3-4-8-15(13)17/h3-4,6,8,11,14H,5,7,9-10H2,1-2H3. The SMILES string of the molecule is Cc1nc(S(=O)(=O)N2CCCC2Cc2ccccc2Cl)cn1C. The van der Waals surface area contributed by atoms with Crippen LogP contribution in [0.1, 0.15) is 24.2 Å². The molecule has 0 spiro atoms. The number of imidazole rings is 1. The molecule has 7 heteroatoms. The van der Waals surface area contributed by atoms with Crippen molar-refractivity contribution in [2.45, 2.75) is 37.3 Å². The Labute approximate surface area is 141 Å². The molecule has 2 heterocycles. The maximum Gasteiger partial charge on any atom is 0.262 e. The summed E-state index contributed by atoms with van der Waals surface area (Å²) in [4.78, 5) is 4.19. The van der Waals surface area contributed by atoms with E-state index in [4.69, 9.17) is 11.6 Å². The molecule has 0 saturated carbocycles. The molecule has 1 fully saturated rings. The molecule has 1 saturated heterocycles. The molecule has 23 heavy (non-hydrogen) atoms. The number of aryl methyl sites for hydroxylation is 2. The van der Waals surface area contributed by atoms with E-state index in [0.29, 0.717) is 23.8 Å². The molecule has 1 atom stereocenters. The minimum atomic E-state index is -3.56. The Morgan fingerprint density at radius 2 is 2.09 bits per heavy atom. The zero-order chi connectivity index (χ0) is 16.6. The van der Waals surface area contributed by atoms with Gasteiger partial charge in [-0.15, -0.1) is 0 Å². The molecule has 1 aliphatic rings. The molecule has 3 rings (SSSR count). The second-order valence-electron chi connectivity index (χ2n) is 5.94. The highest BCUT2D eigenvalue weighted by molar-refractivity contribution is 7.89. The lowest BCUT2D eigenvalue weighted by atomic mass is 10.0. The third-order valence-corrected chi connectivity index (χ3v) is 6.59. The first-order chi connectivity index (χ1) is 10.9. The third-order valence-electron chi connectivity index (χ3n) is 4.40. The summed E-state index contributed by atoms with van der Waals surface area (Å²) >= 11 is 6.22. The zero-order valence-electron chi connectivity index (χ0n) is 13.2. The number of sulfonamides is 1. The molecule has 0 N–H and O–H groups in total. The van der Waals surface area contributed by atoms with Crippen LogP contribution in [0.5, 0.6) is 0 Å². The molecule has 1 unspecified atom stereocenters. The van der Waals surface area contributed by atoms with Gasteiger partial charge in [0.25, 0.3) is 10.0 Å². The number of hydrogen-bond acceptors (Lipinski definition) is 3. The molecule has 5 nitrogen and oxygen atoms in total. The Hall–Kier alpha value is -1.37. The van der Waals surface area contributed by atoms with Crippen molar-refractivity contribution in [3.63, 3.8) is 0 Å². The summed E-state index contributed by atoms with van der Waals surface area (Å²) < 4.78 is 29.1. The van der Waals surface area contributed by atoms with Crippen molar-refractivity contribution < 1.29 is 8.42 Å². The summed E-state index contributed by atoms with van der Waals surface area (Å²) in [6.45, 7) is 2.33. The molecular formula is C16H20ClN3O2S. The number of rotatable bonds is 4. The van der Waals surface area contributed by atoms with Crippen molar-refractivity contribution in [1.82, 2.24) is 13.9 Å². The van der Waals surface area contributed by atoms with Gasteiger partial charge < -0.3 is 4.57 Å². The van der Waals surface area contributed by atoms with Crippen LogP contribution in [-0.4, -0.2) is 34.9 Å². The largest absolute Gasteiger partial charge is 0.337 e. The van der Waals surface area contributed by atoms with E-state index in [9.17, 15) is 8.42 Å². The average Bonchev–Trinajstić information content (AvgIpc) is 3.10. The molecule has 0 amide bonds. The first kappa shape index (κ1) is 16.5. The molecule has 2 aromatic rings. The van der Waals surface area contributed by atoms with E-state index in [1.54, 1.807) is 29.0 Å². The number of nitrogens with zero attached hydrogens (tertiary/aromatic N) is 3. The number of halogens is 1. The summed E-state index contributed by atoms with van der Waals surface area (Å²) in [6.07, 6.45) is 3.91. The summed E-state index contributed by atoms with van der Waals surface area (Å²) in [5.74, 6) is 0.686. The Kier molecular flexibility index (Phi) is 4.49. The van der Waals surface area contributed by atoms with Crippen molar-refractivity contribution in [3.8, 4) is 0 Å². The summed E-state index contributed by atoms with van der Waals surface area (Å²) in [7, 11) is -1.77. The zero-order valence-corrected chi connectivity index (χ0v) is 14.8. The Balaban J connectivity index is 1.88. The topological polar surface area (TPSA) is 55.2 Å². The molecule has 0 bridgehead atoms. The van der Waals surface area contributed by atoms with Crippen LogP contribution in [0.3, 0.4) is 0 Å². The Bertz CT molecular complexity index is 797. The minimum Gasteiger partial charge on any atom is -0.337 e. The maximum absolute atomic E-state index is 12.9. The second kappa shape index (κ2) is 6.26. The fourth-order valence-corrected chi connectivity index (χ4v) is 4.95. The third kappa shape index (κ3) is 3.16. The van der Waals surface area contributed by atoms with Crippen LogP contribution in [0, 0.1) is 6.92 Å². The lowest BCUT2D eigenvalue weighted by Gasteiger charge is -2.23. The number of hydrogen-bond donors (Lipinski definition) is 0. The predicted molar refractivity (Wildman–Crippen MR) is 90.0 cm³/mol. The van der Waals surface area contributed by atoms with Crippen molar-refractivity contribution in [1.29, 1.82) is 0 Å². The van der Waals surface area contributed by atoms with Crippen LogP contribution in [-0.2, 0) is 23.5 Å². The number of benzene rings is 1. The maximum atomic E-state index is 12.9. The molecule has 1 aliphatic heterocycles. The van der Waals surface area contributed by atoms with Crippen molar-refractivity contribution in [3.05, 3.63) is 46.9 Å². The van der Waals surface area contributed by atoms with Gasteiger partial charge in [0.2, 0.25) is 0 Å². The van der Waals surface area contributed by atoms with Gasteiger partial charge in [-0.3, -0.25) is 0 Å². The van der Waals surface area contributed by atoms with Crippen molar-refractivity contribution in [2.24, 2.45) is 7.05 Å². The van der Waals surface area contributed by atoms with Gasteiger partial charge in [-0.1, -0.05) is 29.8 Å². The first-order valence-electron chi connectivity index (χ1n) is 7.65. The first-order valence-corrected chi connectivity index (χ1v) is 9.46. The van der Waals surface area contributed by atoms with E-state index >= 15 is 0 Å². The minimum absolute atomic E-state index is 0.0674. The average molecular weight is 354 g/mol. The fraction of sp³-hybridized carbons (Fsp3) is 0.438. The van der Waals surface area contributed by atoms with Gasteiger partial charge in [0.1, 0.15) is 5.82 Å². The van der Waals surface area contributed by atoms with Gasteiger partial charge >= 0.3 is 0 Å². The molecule has 0 radical (unpaired) electrons. The van der Waals surface area contributed by atoms with Crippen LogP contribution in [0.25, 0.3) is 0 Å². The fourth-order valence-electron chi connectivity index (χ4n) is 3.02. The van der Waals surface area contributed by atoms with E-state index in [1.807, 2.05) is 24.3 Å². The Morgan fingerprint density at radius 1 is 1.35 bits per heavy atom. The monoisotopic (exact) mass is 353 g/mol. The van der Waals surface area contributed by atoms with E-state index in [-0.39, 0.29) is 11.1 Å². The van der Waals surface area contributed by atoms with Gasteiger partial charge in [-0.25, -0.2) is 13.4 Å². The number of aromatic nitrogens is 2. The van der Waals surface area contributed by atoms with Gasteiger partial charge in [-0.05, 0) is 37.8 Å². The van der Waals surface area contributed by atoms with Gasteiger partial charge in [-0.2, -0.15) is 4.31 Å². The summed E-state index contributed by atoms with van der Waals surface area (Å²) in [6, 6.07) is 7.54. The van der Waals surface area contributed by atoms with E-state index in [2.05, 4.69) is 4.98 Å². The summed E-state index contributed by atoms with van der Waals surface area (Å²) in [5.41, 5.74) is 0.985. The highest BCUT2D eigenvalue weighted by Crippen LogP contribution is 2.29. The van der Waals surface area contributed by atoms with Crippen LogP contribution < -0.4 is 0 Å². The lowest BCUT2D eigenvalue weighted by molar-refractivity contribution is 0.384. The van der Waals surface area contributed by atoms with Gasteiger partial charge in [0.15, 0.2) is 5.03 Å². The quantitative estimate of drug-likeness (QED) is 0.849. The molecule has 1 aromatic carbocycles. The molecule has 1 aromatic heterocycles. The Morgan fingerprint density at radius 3 is 2.74 bits per heavy atom. The van der Waals surface area contributed by atoms with Crippen LogP contribution in [0.4, 0.5) is 0 Å². The van der Waals surface area contributed by atoms with Crippen LogP contribution >= 0.6 is 11.6 Å². The predicted octanol–water partition coefficient (Wildman–Crippen LogP) is 2.78. The molecule has 124 valence electrons. The normalized spacial score (nSPS) is 19.3. The molecule has 0 aliphatic carbocycles. The second-order valence-corrected chi connectivity index (χ2v) is 8.19. The molecular weight excluding hydrogens is 334 g/mol. The summed E-state index contributed by atoms with van der Waals surface area (Å²) in [5, 5.41) is 0.814. The van der Waals surface area contributed by atoms with Crippen LogP contribution in [0.15, 0.2) is 35.5 Å². The lowest BCUT2D eigenvalue weighted by Crippen LogP contribution is -2.37. The van der Waals surface area contributed by atoms with Gasteiger partial charge in [0, 0.05) is 30.9 Å².